The molecule has 0 aliphatic carbocycles. The molecule has 0 fully saturated rings. The number of carbonyl (C=O) groups excluding carboxylic acids is 2. The van der Waals surface area contributed by atoms with E-state index in [0.717, 1.165) is 5.56 Å². The Labute approximate surface area is 256 Å². The summed E-state index contributed by atoms with van der Waals surface area (Å²) in [5.41, 5.74) is 9.15. The fourth-order valence-corrected chi connectivity index (χ4v) is 4.81. The van der Waals surface area contributed by atoms with Gasteiger partial charge in [0, 0.05) is 47.7 Å². The van der Waals surface area contributed by atoms with Crippen LogP contribution in [-0.2, 0) is 25.6 Å². The number of aliphatic imine (C=N–C) groups is 1. The largest absolute Gasteiger partial charge is 0.494 e. The van der Waals surface area contributed by atoms with Gasteiger partial charge in [-0.15, -0.1) is 0 Å². The Kier molecular flexibility index (Phi) is 10.6. The molecule has 0 unspecified atom stereocenters. The van der Waals surface area contributed by atoms with Crippen LogP contribution in [-0.4, -0.2) is 47.2 Å². The summed E-state index contributed by atoms with van der Waals surface area (Å²) in [6.07, 6.45) is -0.683. The van der Waals surface area contributed by atoms with Gasteiger partial charge in [0.25, 0.3) is 5.91 Å². The van der Waals surface area contributed by atoms with E-state index < -0.39 is 29.1 Å². The van der Waals surface area contributed by atoms with Crippen LogP contribution < -0.4 is 10.1 Å². The number of aliphatic hydroxyl groups excluding tert-OH is 1. The van der Waals surface area contributed by atoms with Gasteiger partial charge in [-0.2, -0.15) is 0 Å². The van der Waals surface area contributed by atoms with Crippen molar-refractivity contribution >= 4 is 23.5 Å². The topological polar surface area (TPSA) is 155 Å². The molecular formula is C33H37N5O6. The van der Waals surface area contributed by atoms with Crippen LogP contribution in [0.1, 0.15) is 62.8 Å². The summed E-state index contributed by atoms with van der Waals surface area (Å²) in [6, 6.07) is 23.3. The molecule has 0 radical (unpaired) electrons. The number of aliphatic hydroxyl groups is 1. The number of hydrogen-bond acceptors (Lipinski definition) is 8. The first kappa shape index (κ1) is 32.1. The van der Waals surface area contributed by atoms with Gasteiger partial charge in [-0.1, -0.05) is 59.7 Å². The molecule has 4 rings (SSSR count). The van der Waals surface area contributed by atoms with Crippen molar-refractivity contribution in [2.24, 2.45) is 10.1 Å². The van der Waals surface area contributed by atoms with Gasteiger partial charge in [-0.05, 0) is 62.6 Å². The van der Waals surface area contributed by atoms with Crippen LogP contribution >= 0.6 is 0 Å². The highest BCUT2D eigenvalue weighted by Crippen LogP contribution is 2.46. The molecule has 0 saturated carbocycles. The Hall–Kier alpha value is -4.86. The third kappa shape index (κ3) is 8.15. The maximum Gasteiger partial charge on any atom is 0.306 e. The first-order valence-corrected chi connectivity index (χ1v) is 14.4. The quantitative estimate of drug-likeness (QED) is 0.0797. The van der Waals surface area contributed by atoms with E-state index in [1.165, 1.54) is 0 Å². The van der Waals surface area contributed by atoms with Crippen molar-refractivity contribution in [3.05, 3.63) is 106 Å². The lowest BCUT2D eigenvalue weighted by Gasteiger charge is -2.31. The van der Waals surface area contributed by atoms with Gasteiger partial charge in [0.1, 0.15) is 11.4 Å². The molecule has 230 valence electrons. The number of carbonyl (C=O) groups is 2. The molecule has 44 heavy (non-hydrogen) atoms. The highest BCUT2D eigenvalue weighted by molar-refractivity contribution is 6.01. The summed E-state index contributed by atoms with van der Waals surface area (Å²) in [7, 11) is 0. The van der Waals surface area contributed by atoms with Crippen molar-refractivity contribution < 1.29 is 28.9 Å². The second-order valence-electron chi connectivity index (χ2n) is 11.3. The van der Waals surface area contributed by atoms with Crippen molar-refractivity contribution in [1.29, 1.82) is 0 Å². The zero-order chi connectivity index (χ0) is 31.6. The molecule has 0 saturated heterocycles. The lowest BCUT2D eigenvalue weighted by Crippen LogP contribution is -2.48. The summed E-state index contributed by atoms with van der Waals surface area (Å²) in [6.45, 7) is 5.94. The lowest BCUT2D eigenvalue weighted by molar-refractivity contribution is -0.155. The summed E-state index contributed by atoms with van der Waals surface area (Å²) in [4.78, 5) is 35.1. The summed E-state index contributed by atoms with van der Waals surface area (Å²) in [5, 5.41) is 15.9. The number of benzene rings is 3. The molecule has 1 aliphatic heterocycles. The van der Waals surface area contributed by atoms with E-state index in [-0.39, 0.29) is 37.6 Å². The summed E-state index contributed by atoms with van der Waals surface area (Å²) >= 11 is 0. The van der Waals surface area contributed by atoms with Gasteiger partial charge in [-0.3, -0.25) is 9.59 Å². The molecule has 11 heteroatoms. The minimum absolute atomic E-state index is 0.0269. The molecule has 3 aromatic rings. The fraction of sp³-hybridized carbons (Fsp3) is 0.364. The Bertz CT molecular complexity index is 1510. The maximum atomic E-state index is 14.3. The molecule has 0 spiro atoms. The van der Waals surface area contributed by atoms with Crippen LogP contribution in [0.3, 0.4) is 0 Å². The number of hydrogen-bond donors (Lipinski definition) is 2. The molecule has 11 nitrogen and oxygen atoms in total. The van der Waals surface area contributed by atoms with E-state index in [4.69, 9.17) is 24.3 Å². The minimum Gasteiger partial charge on any atom is -0.494 e. The summed E-state index contributed by atoms with van der Waals surface area (Å²) in [5.74, 6) is -0.151. The van der Waals surface area contributed by atoms with Crippen LogP contribution in [0.5, 0.6) is 5.75 Å². The van der Waals surface area contributed by atoms with E-state index in [9.17, 15) is 15.1 Å². The monoisotopic (exact) mass is 599 g/mol. The SMILES string of the molecule is CC(C)(C)OC(=O)CC[C@]1(C(=O)NCc2ccccc2)N=C(c2ccc(OCCCO)cc2)O[C@H]1c1ccccc1N=[N+]=[N-]. The third-order valence-electron chi connectivity index (χ3n) is 6.83. The van der Waals surface area contributed by atoms with Crippen molar-refractivity contribution in [1.82, 2.24) is 5.32 Å². The lowest BCUT2D eigenvalue weighted by atomic mass is 9.82. The number of rotatable bonds is 13. The van der Waals surface area contributed by atoms with E-state index in [2.05, 4.69) is 15.3 Å². The summed E-state index contributed by atoms with van der Waals surface area (Å²) < 4.78 is 17.7. The Morgan fingerprint density at radius 1 is 1.07 bits per heavy atom. The Morgan fingerprint density at radius 3 is 2.45 bits per heavy atom. The first-order valence-electron chi connectivity index (χ1n) is 14.4. The van der Waals surface area contributed by atoms with Crippen LogP contribution in [0.4, 0.5) is 5.69 Å². The van der Waals surface area contributed by atoms with Gasteiger partial charge >= 0.3 is 5.97 Å². The molecular weight excluding hydrogens is 562 g/mol. The zero-order valence-electron chi connectivity index (χ0n) is 25.1. The Morgan fingerprint density at radius 2 is 1.77 bits per heavy atom. The van der Waals surface area contributed by atoms with E-state index in [1.807, 2.05) is 30.3 Å². The molecule has 1 heterocycles. The standard InChI is InChI=1S/C33H37N5O6/c1-32(2,3)44-28(40)18-19-33(31(41)35-22-23-10-5-4-6-11-23)29(26-12-7-8-13-27(26)37-38-34)43-30(36-33)24-14-16-25(17-15-24)42-21-9-20-39/h4-8,10-17,29,39H,9,18-22H2,1-3H3,(H,35,41)/t29-,33-/m0/s1. The predicted octanol–water partition coefficient (Wildman–Crippen LogP) is 6.08. The highest BCUT2D eigenvalue weighted by Gasteiger charge is 2.53. The van der Waals surface area contributed by atoms with E-state index in [0.29, 0.717) is 29.9 Å². The highest BCUT2D eigenvalue weighted by atomic mass is 16.6. The van der Waals surface area contributed by atoms with Crippen LogP contribution in [0.15, 0.2) is 89.0 Å². The second kappa shape index (κ2) is 14.5. The number of nitrogens with zero attached hydrogens (tertiary/aromatic N) is 4. The molecule has 0 bridgehead atoms. The van der Waals surface area contributed by atoms with E-state index in [1.54, 1.807) is 69.3 Å². The molecule has 1 amide bonds. The second-order valence-corrected chi connectivity index (χ2v) is 11.3. The first-order chi connectivity index (χ1) is 21.1. The molecule has 1 aliphatic rings. The minimum atomic E-state index is -1.61. The molecule has 3 aromatic carbocycles. The normalized spacial score (nSPS) is 17.5. The van der Waals surface area contributed by atoms with Crippen LogP contribution in [0.25, 0.3) is 10.4 Å². The van der Waals surface area contributed by atoms with Gasteiger partial charge in [0.05, 0.1) is 6.61 Å². The molecule has 2 atom stereocenters. The van der Waals surface area contributed by atoms with Gasteiger partial charge in [0.2, 0.25) is 5.90 Å². The number of amides is 1. The van der Waals surface area contributed by atoms with Gasteiger partial charge < -0.3 is 24.6 Å². The average Bonchev–Trinajstić information content (AvgIpc) is 3.40. The molecule has 2 N–H and O–H groups in total. The van der Waals surface area contributed by atoms with Crippen molar-refractivity contribution in [3.8, 4) is 5.75 Å². The Balaban J connectivity index is 1.77. The number of azide groups is 1. The number of nitrogens with one attached hydrogen (secondary N) is 1. The van der Waals surface area contributed by atoms with Crippen LogP contribution in [0.2, 0.25) is 0 Å². The fourth-order valence-electron chi connectivity index (χ4n) is 4.81. The third-order valence-corrected chi connectivity index (χ3v) is 6.83. The average molecular weight is 600 g/mol. The van der Waals surface area contributed by atoms with Crippen molar-refractivity contribution in [3.63, 3.8) is 0 Å². The zero-order valence-corrected chi connectivity index (χ0v) is 25.1. The van der Waals surface area contributed by atoms with E-state index >= 15 is 0 Å². The van der Waals surface area contributed by atoms with Crippen molar-refractivity contribution in [2.75, 3.05) is 13.2 Å². The van der Waals surface area contributed by atoms with Crippen molar-refractivity contribution in [2.45, 2.75) is 63.8 Å². The maximum absolute atomic E-state index is 14.3. The smallest absolute Gasteiger partial charge is 0.306 e. The predicted molar refractivity (Wildman–Crippen MR) is 165 cm³/mol. The molecule has 0 aromatic heterocycles. The van der Waals surface area contributed by atoms with Crippen LogP contribution in [0, 0.1) is 0 Å². The number of ether oxygens (including phenoxy) is 3. The van der Waals surface area contributed by atoms with Gasteiger partial charge in [-0.25, -0.2) is 4.99 Å². The van der Waals surface area contributed by atoms with Gasteiger partial charge in [0.15, 0.2) is 11.6 Å². The number of esters is 1.